The maximum atomic E-state index is 15.0. The van der Waals surface area contributed by atoms with Crippen LogP contribution in [0.2, 0.25) is 0 Å². The molecule has 178 valence electrons. The van der Waals surface area contributed by atoms with Gasteiger partial charge in [0.2, 0.25) is 5.91 Å². The second kappa shape index (κ2) is 10.3. The van der Waals surface area contributed by atoms with Gasteiger partial charge in [0.25, 0.3) is 0 Å². The Labute approximate surface area is 182 Å². The standard InChI is InChI=1S/C19H36F2N8O2/c1-31-7-6-27-2-4-28(5-3-27)16-13(21)9-23-10-14(16)25-19(30)15-17(22)26-29-11-12(20)8-24-18(15)29/h12-18,23-24,26H,2-11,22H2,1H3,(H,25,30). The van der Waals surface area contributed by atoms with Gasteiger partial charge in [-0.1, -0.05) is 0 Å². The molecule has 0 aliphatic carbocycles. The fraction of sp³-hybridized carbons (Fsp3) is 0.947. The third-order valence-corrected chi connectivity index (χ3v) is 6.88. The Balaban J connectivity index is 1.38. The van der Waals surface area contributed by atoms with Crippen molar-refractivity contribution < 1.29 is 18.3 Å². The lowest BCUT2D eigenvalue weighted by Crippen LogP contribution is -2.68. The van der Waals surface area contributed by atoms with Crippen molar-refractivity contribution in [1.82, 2.24) is 36.2 Å². The fourth-order valence-electron chi connectivity index (χ4n) is 5.25. The molecule has 7 atom stereocenters. The van der Waals surface area contributed by atoms with E-state index in [0.717, 1.165) is 32.7 Å². The smallest absolute Gasteiger partial charge is 0.229 e. The number of halogens is 2. The number of methoxy groups -OCH3 is 1. The number of carbonyl (C=O) groups is 1. The van der Waals surface area contributed by atoms with Crippen LogP contribution in [0.25, 0.3) is 0 Å². The Hall–Kier alpha value is -0.990. The highest BCUT2D eigenvalue weighted by Crippen LogP contribution is 2.24. The van der Waals surface area contributed by atoms with Gasteiger partial charge in [0.05, 0.1) is 36.9 Å². The number of amides is 1. The zero-order valence-electron chi connectivity index (χ0n) is 18.1. The lowest BCUT2D eigenvalue weighted by molar-refractivity contribution is -0.128. The molecule has 4 rings (SSSR count). The quantitative estimate of drug-likeness (QED) is 0.292. The van der Waals surface area contributed by atoms with Gasteiger partial charge in [-0.3, -0.25) is 19.9 Å². The van der Waals surface area contributed by atoms with Gasteiger partial charge in [-0.2, -0.15) is 0 Å². The Morgan fingerprint density at radius 3 is 2.71 bits per heavy atom. The predicted molar refractivity (Wildman–Crippen MR) is 111 cm³/mol. The van der Waals surface area contributed by atoms with E-state index in [1.54, 1.807) is 12.1 Å². The second-order valence-electron chi connectivity index (χ2n) is 8.93. The molecule has 0 saturated carbocycles. The van der Waals surface area contributed by atoms with E-state index >= 15 is 4.39 Å². The lowest BCUT2D eigenvalue weighted by Gasteiger charge is -2.46. The topological polar surface area (TPSA) is 110 Å². The number of hydrazine groups is 1. The van der Waals surface area contributed by atoms with Crippen molar-refractivity contribution in [3.8, 4) is 0 Å². The molecule has 4 heterocycles. The molecule has 0 aromatic heterocycles. The SMILES string of the molecule is COCCN1CCN(C2C(F)CNCC2NC(=O)C2C(N)NN3CC(F)CNC23)CC1. The van der Waals surface area contributed by atoms with Gasteiger partial charge in [0.15, 0.2) is 0 Å². The van der Waals surface area contributed by atoms with E-state index in [1.807, 2.05) is 0 Å². The molecular formula is C19H36F2N8O2. The average Bonchev–Trinajstić information content (AvgIpc) is 3.07. The summed E-state index contributed by atoms with van der Waals surface area (Å²) in [5.41, 5.74) is 9.15. The van der Waals surface area contributed by atoms with Gasteiger partial charge in [-0.15, -0.1) is 0 Å². The maximum absolute atomic E-state index is 15.0. The van der Waals surface area contributed by atoms with Gasteiger partial charge in [0.1, 0.15) is 12.3 Å². The highest BCUT2D eigenvalue weighted by Gasteiger charge is 2.48. The first kappa shape index (κ1) is 23.2. The summed E-state index contributed by atoms with van der Waals surface area (Å²) in [5, 5.41) is 10.9. The molecule has 0 aromatic carbocycles. The molecule has 12 heteroatoms. The molecule has 0 bridgehead atoms. The summed E-state index contributed by atoms with van der Waals surface area (Å²) in [6, 6.07) is -0.744. The normalized spacial score (nSPS) is 40.6. The largest absolute Gasteiger partial charge is 0.383 e. The summed E-state index contributed by atoms with van der Waals surface area (Å²) >= 11 is 0. The van der Waals surface area contributed by atoms with Crippen LogP contribution in [0.15, 0.2) is 0 Å². The van der Waals surface area contributed by atoms with E-state index in [9.17, 15) is 9.18 Å². The van der Waals surface area contributed by atoms with E-state index in [1.165, 1.54) is 0 Å². The van der Waals surface area contributed by atoms with E-state index in [0.29, 0.717) is 13.2 Å². The van der Waals surface area contributed by atoms with Gasteiger partial charge in [-0.25, -0.2) is 19.2 Å². The number of rotatable bonds is 6. The predicted octanol–water partition coefficient (Wildman–Crippen LogP) is -2.97. The minimum absolute atomic E-state index is 0.183. The zero-order valence-corrected chi connectivity index (χ0v) is 18.1. The summed E-state index contributed by atoms with van der Waals surface area (Å²) < 4.78 is 33.9. The number of nitrogens with one attached hydrogen (secondary N) is 4. The lowest BCUT2D eigenvalue weighted by atomic mass is 9.94. The second-order valence-corrected chi connectivity index (χ2v) is 8.93. The Morgan fingerprint density at radius 2 is 1.97 bits per heavy atom. The van der Waals surface area contributed by atoms with Gasteiger partial charge < -0.3 is 21.1 Å². The van der Waals surface area contributed by atoms with Crippen LogP contribution < -0.4 is 27.1 Å². The number of ether oxygens (including phenoxy) is 1. The molecule has 6 N–H and O–H groups in total. The van der Waals surface area contributed by atoms with E-state index < -0.39 is 24.4 Å². The Bertz CT molecular complexity index is 611. The van der Waals surface area contributed by atoms with Crippen molar-refractivity contribution in [2.45, 2.75) is 36.8 Å². The van der Waals surface area contributed by atoms with Crippen LogP contribution in [0.5, 0.6) is 0 Å². The van der Waals surface area contributed by atoms with Crippen LogP contribution in [0.1, 0.15) is 0 Å². The van der Waals surface area contributed by atoms with Crippen molar-refractivity contribution in [1.29, 1.82) is 0 Å². The third kappa shape index (κ3) is 5.17. The van der Waals surface area contributed by atoms with Gasteiger partial charge in [-0.05, 0) is 0 Å². The first-order valence-corrected chi connectivity index (χ1v) is 11.2. The van der Waals surface area contributed by atoms with Crippen LogP contribution in [0.4, 0.5) is 8.78 Å². The number of alkyl halides is 2. The minimum atomic E-state index is -1.07. The number of nitrogens with two attached hydrogens (primary N) is 1. The molecule has 4 saturated heterocycles. The van der Waals surface area contributed by atoms with Crippen molar-refractivity contribution in [3.63, 3.8) is 0 Å². The maximum Gasteiger partial charge on any atom is 0.229 e. The summed E-state index contributed by atoms with van der Waals surface area (Å²) in [5.74, 6) is -0.819. The molecule has 4 aliphatic rings. The third-order valence-electron chi connectivity index (χ3n) is 6.88. The van der Waals surface area contributed by atoms with Crippen LogP contribution >= 0.6 is 0 Å². The van der Waals surface area contributed by atoms with Crippen LogP contribution in [0.3, 0.4) is 0 Å². The molecule has 0 radical (unpaired) electrons. The highest BCUT2D eigenvalue weighted by molar-refractivity contribution is 5.81. The minimum Gasteiger partial charge on any atom is -0.383 e. The zero-order chi connectivity index (χ0) is 22.0. The fourth-order valence-corrected chi connectivity index (χ4v) is 5.25. The van der Waals surface area contributed by atoms with Crippen LogP contribution in [-0.2, 0) is 9.53 Å². The summed E-state index contributed by atoms with van der Waals surface area (Å²) in [6.45, 7) is 5.91. The summed E-state index contributed by atoms with van der Waals surface area (Å²) in [6.07, 6.45) is -3.08. The monoisotopic (exact) mass is 446 g/mol. The molecule has 0 spiro atoms. The Kier molecular flexibility index (Phi) is 7.70. The number of piperazine rings is 1. The Morgan fingerprint density at radius 1 is 1.19 bits per heavy atom. The molecular weight excluding hydrogens is 410 g/mol. The number of piperidine rings is 1. The molecule has 4 fully saturated rings. The number of fused-ring (bicyclic) bond motifs is 1. The molecule has 4 aliphatic heterocycles. The van der Waals surface area contributed by atoms with Crippen LogP contribution in [-0.4, -0.2) is 130 Å². The highest BCUT2D eigenvalue weighted by atomic mass is 19.1. The van der Waals surface area contributed by atoms with Crippen molar-refractivity contribution in [3.05, 3.63) is 0 Å². The van der Waals surface area contributed by atoms with Gasteiger partial charge in [0, 0.05) is 66.0 Å². The molecule has 7 unspecified atom stereocenters. The molecule has 1 amide bonds. The van der Waals surface area contributed by atoms with Gasteiger partial charge >= 0.3 is 0 Å². The molecule has 10 nitrogen and oxygen atoms in total. The molecule has 0 aromatic rings. The van der Waals surface area contributed by atoms with E-state index in [-0.39, 0.29) is 43.8 Å². The van der Waals surface area contributed by atoms with Crippen molar-refractivity contribution in [2.75, 3.05) is 72.6 Å². The van der Waals surface area contributed by atoms with Crippen molar-refractivity contribution >= 4 is 5.91 Å². The number of carbonyl (C=O) groups excluding carboxylic acids is 1. The number of hydrogen-bond donors (Lipinski definition) is 5. The van der Waals surface area contributed by atoms with E-state index in [2.05, 4.69) is 31.2 Å². The summed E-state index contributed by atoms with van der Waals surface area (Å²) in [4.78, 5) is 17.7. The first-order chi connectivity index (χ1) is 15.0. The first-order valence-electron chi connectivity index (χ1n) is 11.2. The van der Waals surface area contributed by atoms with Crippen molar-refractivity contribution in [2.24, 2.45) is 11.7 Å². The number of hydrogen-bond acceptors (Lipinski definition) is 9. The van der Waals surface area contributed by atoms with E-state index in [4.69, 9.17) is 10.5 Å². The van der Waals surface area contributed by atoms with Crippen LogP contribution in [0, 0.1) is 5.92 Å². The molecule has 31 heavy (non-hydrogen) atoms. The average molecular weight is 447 g/mol. The number of nitrogens with zero attached hydrogens (tertiary/aromatic N) is 3. The summed E-state index contributed by atoms with van der Waals surface area (Å²) in [7, 11) is 1.69.